The molecule has 0 aliphatic carbocycles. The van der Waals surface area contributed by atoms with Gasteiger partial charge in [0.25, 0.3) is 5.91 Å². The average molecular weight is 455 g/mol. The Bertz CT molecular complexity index is 1210. The van der Waals surface area contributed by atoms with Crippen molar-refractivity contribution >= 4 is 41.7 Å². The van der Waals surface area contributed by atoms with E-state index in [9.17, 15) is 9.18 Å². The molecule has 1 heterocycles. The van der Waals surface area contributed by atoms with Crippen molar-refractivity contribution in [2.45, 2.75) is 40.7 Å². The van der Waals surface area contributed by atoms with Crippen LogP contribution in [0.1, 0.15) is 55.2 Å². The molecule has 5 nitrogen and oxygen atoms in total. The summed E-state index contributed by atoms with van der Waals surface area (Å²) in [6.07, 6.45) is 3.52. The lowest BCUT2D eigenvalue weighted by atomic mass is 10.0. The van der Waals surface area contributed by atoms with E-state index >= 15 is 0 Å². The second-order valence-electron chi connectivity index (χ2n) is 6.90. The van der Waals surface area contributed by atoms with Crippen LogP contribution in [0.25, 0.3) is 12.7 Å². The van der Waals surface area contributed by atoms with Crippen LogP contribution in [0.2, 0.25) is 5.02 Å². The van der Waals surface area contributed by atoms with Crippen molar-refractivity contribution in [3.05, 3.63) is 80.8 Å². The van der Waals surface area contributed by atoms with Gasteiger partial charge in [-0.25, -0.2) is 9.37 Å². The number of nitrogens with zero attached hydrogens (tertiary/aromatic N) is 2. The predicted octanol–water partition coefficient (Wildman–Crippen LogP) is 5.24. The summed E-state index contributed by atoms with van der Waals surface area (Å²) in [6, 6.07) is 9.40. The lowest BCUT2D eigenvalue weighted by molar-refractivity contribution is 0.102. The van der Waals surface area contributed by atoms with Crippen molar-refractivity contribution < 1.29 is 9.18 Å². The minimum atomic E-state index is -0.566. The van der Waals surface area contributed by atoms with E-state index < -0.39 is 5.82 Å². The molecule has 0 saturated carbocycles. The van der Waals surface area contributed by atoms with E-state index in [1.807, 2.05) is 58.9 Å². The van der Waals surface area contributed by atoms with Crippen molar-refractivity contribution in [1.82, 2.24) is 9.97 Å². The third kappa shape index (κ3) is 6.14. The number of aromatic nitrogens is 2. The largest absolute Gasteiger partial charge is 0.362 e. The number of rotatable bonds is 5. The van der Waals surface area contributed by atoms with Gasteiger partial charge in [0.15, 0.2) is 0 Å². The summed E-state index contributed by atoms with van der Waals surface area (Å²) in [5, 5.41) is 7.40. The third-order valence-corrected chi connectivity index (χ3v) is 4.99. The summed E-state index contributed by atoms with van der Waals surface area (Å²) < 4.78 is 13.3. The highest BCUT2D eigenvalue weighted by atomic mass is 35.5. The number of anilines is 2. The fourth-order valence-corrected chi connectivity index (χ4v) is 3.25. The Balaban J connectivity index is 0.00000176. The standard InChI is InChI=1S/C23H22ClFN4O.C2H6/c1-5-21-15(4)28-22(12-26-21)27-14(3)18-11-17(8-6-13(18)2)29-23(30)16-7-9-20(25)19(24)10-16;1-2/h5-12,14H,4H2,1-3H3,(H,27,28)(H,29,30);1-2H3/b21-5+;. The summed E-state index contributed by atoms with van der Waals surface area (Å²) >= 11 is 5.77. The quantitative estimate of drug-likeness (QED) is 0.553. The van der Waals surface area contributed by atoms with E-state index in [4.69, 9.17) is 11.6 Å². The maximum Gasteiger partial charge on any atom is 0.255 e. The molecule has 32 heavy (non-hydrogen) atoms. The van der Waals surface area contributed by atoms with Gasteiger partial charge in [0.2, 0.25) is 0 Å². The van der Waals surface area contributed by atoms with E-state index in [2.05, 4.69) is 27.2 Å². The number of aryl methyl sites for hydroxylation is 1. The van der Waals surface area contributed by atoms with Gasteiger partial charge < -0.3 is 10.6 Å². The molecule has 2 N–H and O–H groups in total. The zero-order chi connectivity index (χ0) is 23.8. The van der Waals surface area contributed by atoms with Crippen molar-refractivity contribution in [1.29, 1.82) is 0 Å². The highest BCUT2D eigenvalue weighted by molar-refractivity contribution is 6.31. The van der Waals surface area contributed by atoms with Crippen molar-refractivity contribution in [3.8, 4) is 0 Å². The fraction of sp³-hybridized carbons (Fsp3) is 0.240. The first kappa shape index (κ1) is 25.0. The van der Waals surface area contributed by atoms with Gasteiger partial charge in [0.05, 0.1) is 28.0 Å². The molecule has 0 spiro atoms. The lowest BCUT2D eigenvalue weighted by Crippen LogP contribution is -2.30. The van der Waals surface area contributed by atoms with Crippen molar-refractivity contribution in [3.63, 3.8) is 0 Å². The number of amides is 1. The zero-order valence-corrected chi connectivity index (χ0v) is 19.7. The van der Waals surface area contributed by atoms with E-state index in [-0.39, 0.29) is 22.5 Å². The first-order valence-electron chi connectivity index (χ1n) is 10.4. The Hall–Kier alpha value is -3.25. The number of hydrogen-bond donors (Lipinski definition) is 2. The van der Waals surface area contributed by atoms with Crippen LogP contribution < -0.4 is 21.3 Å². The Labute approximate surface area is 193 Å². The molecule has 1 atom stereocenters. The summed E-state index contributed by atoms with van der Waals surface area (Å²) in [5.41, 5.74) is 2.94. The Morgan fingerprint density at radius 3 is 2.56 bits per heavy atom. The molecule has 2 aromatic carbocycles. The van der Waals surface area contributed by atoms with Crippen LogP contribution in [0.3, 0.4) is 0 Å². The molecule has 0 fully saturated rings. The average Bonchev–Trinajstić information content (AvgIpc) is 2.78. The number of halogens is 2. The molecule has 0 aliphatic heterocycles. The van der Waals surface area contributed by atoms with Crippen LogP contribution in [-0.4, -0.2) is 15.9 Å². The Morgan fingerprint density at radius 1 is 1.22 bits per heavy atom. The summed E-state index contributed by atoms with van der Waals surface area (Å²) in [7, 11) is 0. The fourth-order valence-electron chi connectivity index (χ4n) is 3.07. The summed E-state index contributed by atoms with van der Waals surface area (Å²) in [4.78, 5) is 21.3. The van der Waals surface area contributed by atoms with Crippen molar-refractivity contribution in [2.24, 2.45) is 0 Å². The molecule has 168 valence electrons. The van der Waals surface area contributed by atoms with Gasteiger partial charge in [0, 0.05) is 11.3 Å². The van der Waals surface area contributed by atoms with Crippen molar-refractivity contribution in [2.75, 3.05) is 10.6 Å². The topological polar surface area (TPSA) is 66.9 Å². The lowest BCUT2D eigenvalue weighted by Gasteiger charge is -2.18. The van der Waals surface area contributed by atoms with Crippen LogP contribution in [-0.2, 0) is 0 Å². The van der Waals surface area contributed by atoms with Gasteiger partial charge in [-0.3, -0.25) is 9.78 Å². The Morgan fingerprint density at radius 2 is 1.94 bits per heavy atom. The van der Waals surface area contributed by atoms with E-state index in [1.54, 1.807) is 6.20 Å². The number of carbonyl (C=O) groups is 1. The molecule has 1 amide bonds. The Kier molecular flexibility index (Phi) is 8.91. The van der Waals surface area contributed by atoms with E-state index in [1.165, 1.54) is 18.2 Å². The van der Waals surface area contributed by atoms with E-state index in [0.29, 0.717) is 16.9 Å². The van der Waals surface area contributed by atoms with Gasteiger partial charge in [-0.15, -0.1) is 0 Å². The maximum atomic E-state index is 13.3. The second kappa shape index (κ2) is 11.4. The number of carbonyl (C=O) groups excluding carboxylic acids is 1. The first-order chi connectivity index (χ1) is 15.3. The van der Waals surface area contributed by atoms with Crippen LogP contribution in [0, 0.1) is 12.7 Å². The van der Waals surface area contributed by atoms with Gasteiger partial charge >= 0.3 is 0 Å². The van der Waals surface area contributed by atoms with E-state index in [0.717, 1.165) is 16.5 Å². The van der Waals surface area contributed by atoms with Gasteiger partial charge in [-0.2, -0.15) is 0 Å². The molecule has 7 heteroatoms. The summed E-state index contributed by atoms with van der Waals surface area (Å²) in [5.74, 6) is -0.316. The minimum absolute atomic E-state index is 0.0905. The number of benzene rings is 2. The molecule has 3 aromatic rings. The highest BCUT2D eigenvalue weighted by Gasteiger charge is 2.13. The monoisotopic (exact) mass is 454 g/mol. The zero-order valence-electron chi connectivity index (χ0n) is 19.0. The maximum absolute atomic E-state index is 13.3. The predicted molar refractivity (Wildman–Crippen MR) is 131 cm³/mol. The van der Waals surface area contributed by atoms with Gasteiger partial charge in [-0.1, -0.05) is 44.2 Å². The molecule has 1 aromatic heterocycles. The molecule has 0 saturated heterocycles. The summed E-state index contributed by atoms with van der Waals surface area (Å²) in [6.45, 7) is 13.8. The molecule has 0 radical (unpaired) electrons. The van der Waals surface area contributed by atoms with Crippen LogP contribution >= 0.6 is 11.6 Å². The molecule has 1 unspecified atom stereocenters. The normalized spacial score (nSPS) is 11.9. The second-order valence-corrected chi connectivity index (χ2v) is 7.30. The smallest absolute Gasteiger partial charge is 0.255 e. The molecule has 3 rings (SSSR count). The SMILES string of the molecule is C=c1nc(NC(C)c2cc(NC(=O)c3ccc(F)c(Cl)c3)ccc2C)cn/c1=C/C.CC. The highest BCUT2D eigenvalue weighted by Crippen LogP contribution is 2.25. The minimum Gasteiger partial charge on any atom is -0.362 e. The first-order valence-corrected chi connectivity index (χ1v) is 10.8. The molecule has 0 aliphatic rings. The molecule has 0 bridgehead atoms. The number of hydrogen-bond acceptors (Lipinski definition) is 4. The van der Waals surface area contributed by atoms with Crippen LogP contribution in [0.5, 0.6) is 0 Å². The van der Waals surface area contributed by atoms with Gasteiger partial charge in [-0.05, 0) is 62.2 Å². The van der Waals surface area contributed by atoms with Crippen LogP contribution in [0.4, 0.5) is 15.9 Å². The number of nitrogens with one attached hydrogen (secondary N) is 2. The molecular weight excluding hydrogens is 427 g/mol. The molecular formula is C25H28ClFN4O. The van der Waals surface area contributed by atoms with Crippen LogP contribution in [0.15, 0.2) is 42.6 Å². The third-order valence-electron chi connectivity index (χ3n) is 4.70. The van der Waals surface area contributed by atoms with Gasteiger partial charge in [0.1, 0.15) is 11.6 Å².